The number of hydrogen-bond acceptors (Lipinski definition) is 1. The molecule has 0 fully saturated rings. The lowest BCUT2D eigenvalue weighted by Crippen LogP contribution is -2.09. The highest BCUT2D eigenvalue weighted by Gasteiger charge is 1.75. The summed E-state index contributed by atoms with van der Waals surface area (Å²) in [6.45, 7) is 10.9. The Labute approximate surface area is 101 Å². The second-order valence-electron chi connectivity index (χ2n) is 2.77. The predicted molar refractivity (Wildman–Crippen MR) is 70.6 cm³/mol. The van der Waals surface area contributed by atoms with Gasteiger partial charge in [0, 0.05) is 0 Å². The number of rotatable bonds is 5. The molecule has 0 spiro atoms. The van der Waals surface area contributed by atoms with Crippen LogP contribution in [0.1, 0.15) is 53.4 Å². The van der Waals surface area contributed by atoms with Crippen molar-refractivity contribution >= 4 is 23.2 Å². The van der Waals surface area contributed by atoms with E-state index in [9.17, 15) is 0 Å². The fourth-order valence-electron chi connectivity index (χ4n) is 0.750. The van der Waals surface area contributed by atoms with Crippen LogP contribution in [-0.2, 0) is 0 Å². The third-order valence-corrected chi connectivity index (χ3v) is 1.46. The minimum atomic E-state index is 0.194. The van der Waals surface area contributed by atoms with Gasteiger partial charge in [0.1, 0.15) is 0 Å². The number of unbranched alkanes of at least 4 members (excludes halogenated alkanes) is 3. The predicted octanol–water partition coefficient (Wildman–Crippen LogP) is 4.62. The number of alkyl halides is 2. The van der Waals surface area contributed by atoms with Crippen molar-refractivity contribution in [3.63, 3.8) is 0 Å². The molecule has 0 heterocycles. The fraction of sp³-hybridized carbons (Fsp3) is 1.00. The molecule has 0 aliphatic rings. The molecule has 14 heavy (non-hydrogen) atoms. The van der Waals surface area contributed by atoms with E-state index in [1.54, 1.807) is 0 Å². The van der Waals surface area contributed by atoms with Gasteiger partial charge in [-0.05, 0) is 13.1 Å². The highest BCUT2D eigenvalue weighted by Crippen LogP contribution is 1.95. The van der Waals surface area contributed by atoms with Crippen molar-refractivity contribution in [2.45, 2.75) is 53.4 Å². The van der Waals surface area contributed by atoms with Gasteiger partial charge in [-0.3, -0.25) is 0 Å². The molecule has 0 aromatic heterocycles. The van der Waals surface area contributed by atoms with Crippen molar-refractivity contribution in [1.82, 2.24) is 5.32 Å². The van der Waals surface area contributed by atoms with E-state index in [0.29, 0.717) is 0 Å². The van der Waals surface area contributed by atoms with Crippen LogP contribution in [-0.4, -0.2) is 18.4 Å². The zero-order chi connectivity index (χ0) is 11.7. The first-order valence-corrected chi connectivity index (χ1v) is 6.64. The van der Waals surface area contributed by atoms with Gasteiger partial charge in [-0.25, -0.2) is 0 Å². The Morgan fingerprint density at radius 3 is 1.14 bits per heavy atom. The second kappa shape index (κ2) is 29.2. The standard InChI is InChI=1S/C6H14.C4H11N.CH2Cl2/c1-3-5-6-4-2;1-3-5-4-2;2-1-3/h3-6H2,1-2H3;5H,3-4H2,1-2H3;1H2. The van der Waals surface area contributed by atoms with E-state index in [0.717, 1.165) is 13.1 Å². The molecule has 3 heteroatoms. The SMILES string of the molecule is CCCCCC.CCNCC.ClCCl. The van der Waals surface area contributed by atoms with Gasteiger partial charge in [-0.15, -0.1) is 23.2 Å². The van der Waals surface area contributed by atoms with Crippen molar-refractivity contribution in [1.29, 1.82) is 0 Å². The minimum absolute atomic E-state index is 0.194. The second-order valence-corrected chi connectivity index (χ2v) is 3.57. The maximum absolute atomic E-state index is 4.76. The van der Waals surface area contributed by atoms with Crippen LogP contribution in [0.3, 0.4) is 0 Å². The molecule has 0 aliphatic carbocycles. The molecule has 0 rings (SSSR count). The highest BCUT2D eigenvalue weighted by atomic mass is 35.5. The fourth-order valence-corrected chi connectivity index (χ4v) is 0.750. The van der Waals surface area contributed by atoms with Crippen molar-refractivity contribution in [3.05, 3.63) is 0 Å². The van der Waals surface area contributed by atoms with Gasteiger partial charge in [-0.2, -0.15) is 0 Å². The maximum atomic E-state index is 4.76. The van der Waals surface area contributed by atoms with Crippen LogP contribution in [0.5, 0.6) is 0 Å². The third kappa shape index (κ3) is 54.4. The quantitative estimate of drug-likeness (QED) is 0.549. The summed E-state index contributed by atoms with van der Waals surface area (Å²) in [6, 6.07) is 0. The van der Waals surface area contributed by atoms with E-state index in [1.807, 2.05) is 0 Å². The first-order chi connectivity index (χ1) is 6.74. The lowest BCUT2D eigenvalue weighted by molar-refractivity contribution is 0.702. The first kappa shape index (κ1) is 20.0. The molecule has 0 unspecified atom stereocenters. The lowest BCUT2D eigenvalue weighted by atomic mass is 10.2. The Hall–Kier alpha value is 0.540. The average Bonchev–Trinajstić information content (AvgIpc) is 2.18. The van der Waals surface area contributed by atoms with Gasteiger partial charge >= 0.3 is 0 Å². The van der Waals surface area contributed by atoms with Crippen LogP contribution >= 0.6 is 23.2 Å². The zero-order valence-corrected chi connectivity index (χ0v) is 11.7. The zero-order valence-electron chi connectivity index (χ0n) is 10.2. The van der Waals surface area contributed by atoms with Crippen LogP contribution in [0.2, 0.25) is 0 Å². The highest BCUT2D eigenvalue weighted by molar-refractivity contribution is 6.40. The third-order valence-electron chi connectivity index (χ3n) is 1.46. The molecule has 90 valence electrons. The van der Waals surface area contributed by atoms with Gasteiger partial charge in [0.15, 0.2) is 0 Å². The Kier molecular flexibility index (Phi) is 41.7. The van der Waals surface area contributed by atoms with Crippen LogP contribution in [0.25, 0.3) is 0 Å². The molecule has 0 saturated carbocycles. The van der Waals surface area contributed by atoms with E-state index in [-0.39, 0.29) is 5.34 Å². The summed E-state index contributed by atoms with van der Waals surface area (Å²) < 4.78 is 0. The largest absolute Gasteiger partial charge is 0.317 e. The Balaban J connectivity index is -0.000000138. The van der Waals surface area contributed by atoms with Crippen molar-refractivity contribution < 1.29 is 0 Å². The average molecular weight is 244 g/mol. The van der Waals surface area contributed by atoms with Gasteiger partial charge in [0.05, 0.1) is 5.34 Å². The molecule has 0 atom stereocenters. The molecule has 1 nitrogen and oxygen atoms in total. The van der Waals surface area contributed by atoms with E-state index < -0.39 is 0 Å². The molecule has 0 aliphatic heterocycles. The van der Waals surface area contributed by atoms with E-state index in [1.165, 1.54) is 25.7 Å². The van der Waals surface area contributed by atoms with Crippen molar-refractivity contribution in [2.75, 3.05) is 18.4 Å². The van der Waals surface area contributed by atoms with E-state index >= 15 is 0 Å². The molecule has 0 radical (unpaired) electrons. The molecule has 0 amide bonds. The molecule has 0 aromatic rings. The number of halogens is 2. The first-order valence-electron chi connectivity index (χ1n) is 5.57. The van der Waals surface area contributed by atoms with E-state index in [2.05, 4.69) is 33.0 Å². The van der Waals surface area contributed by atoms with Crippen LogP contribution in [0, 0.1) is 0 Å². The Bertz CT molecular complexity index is 55.2. The van der Waals surface area contributed by atoms with Gasteiger partial charge in [0.25, 0.3) is 0 Å². The molecular formula is C11H27Cl2N. The normalized spacial score (nSPS) is 8.14. The summed E-state index contributed by atoms with van der Waals surface area (Å²) in [5.41, 5.74) is 0. The topological polar surface area (TPSA) is 12.0 Å². The van der Waals surface area contributed by atoms with Crippen LogP contribution in [0.15, 0.2) is 0 Å². The van der Waals surface area contributed by atoms with E-state index in [4.69, 9.17) is 23.2 Å². The molecule has 0 bridgehead atoms. The summed E-state index contributed by atoms with van der Waals surface area (Å²) in [5, 5.41) is 3.31. The van der Waals surface area contributed by atoms with Gasteiger partial charge in [0.2, 0.25) is 0 Å². The van der Waals surface area contributed by atoms with Crippen LogP contribution in [0.4, 0.5) is 0 Å². The number of hydrogen-bond donors (Lipinski definition) is 1. The van der Waals surface area contributed by atoms with Crippen molar-refractivity contribution in [2.24, 2.45) is 0 Å². The summed E-state index contributed by atoms with van der Waals surface area (Å²) in [4.78, 5) is 0. The summed E-state index contributed by atoms with van der Waals surface area (Å²) in [6.07, 6.45) is 5.54. The summed E-state index contributed by atoms with van der Waals surface area (Å²) in [7, 11) is 0. The summed E-state index contributed by atoms with van der Waals surface area (Å²) >= 11 is 9.53. The molecule has 0 aromatic carbocycles. The lowest BCUT2D eigenvalue weighted by Gasteiger charge is -1.86. The minimum Gasteiger partial charge on any atom is -0.317 e. The molecule has 1 N–H and O–H groups in total. The smallest absolute Gasteiger partial charge is 0.0967 e. The van der Waals surface area contributed by atoms with Crippen molar-refractivity contribution in [3.8, 4) is 0 Å². The Morgan fingerprint density at radius 1 is 0.786 bits per heavy atom. The summed E-state index contributed by atoms with van der Waals surface area (Å²) in [5.74, 6) is 0. The van der Waals surface area contributed by atoms with Gasteiger partial charge in [-0.1, -0.05) is 53.4 Å². The molecular weight excluding hydrogens is 217 g/mol. The van der Waals surface area contributed by atoms with Gasteiger partial charge < -0.3 is 5.32 Å². The Morgan fingerprint density at radius 2 is 1.07 bits per heavy atom. The number of nitrogens with one attached hydrogen (secondary N) is 1. The van der Waals surface area contributed by atoms with Crippen LogP contribution < -0.4 is 5.32 Å². The monoisotopic (exact) mass is 243 g/mol. The maximum Gasteiger partial charge on any atom is 0.0967 e. The molecule has 0 saturated heterocycles.